The summed E-state index contributed by atoms with van der Waals surface area (Å²) in [7, 11) is 4.05. The Morgan fingerprint density at radius 1 is 1.24 bits per heavy atom. The van der Waals surface area contributed by atoms with Crippen LogP contribution in [-0.4, -0.2) is 54.5 Å². The van der Waals surface area contributed by atoms with Crippen molar-refractivity contribution in [1.29, 1.82) is 0 Å². The molecule has 1 aromatic heterocycles. The first-order chi connectivity index (χ1) is 12.0. The summed E-state index contributed by atoms with van der Waals surface area (Å²) in [5, 5.41) is 6.26. The van der Waals surface area contributed by atoms with Gasteiger partial charge in [-0.3, -0.25) is 4.79 Å². The Kier molecular flexibility index (Phi) is 7.85. The molecule has 6 heteroatoms. The first-order valence-electron chi connectivity index (χ1n) is 9.25. The van der Waals surface area contributed by atoms with Gasteiger partial charge in [-0.15, -0.1) is 0 Å². The Balaban J connectivity index is 1.83. The van der Waals surface area contributed by atoms with E-state index in [4.69, 9.17) is 0 Å². The Bertz CT molecular complexity index is 597. The van der Waals surface area contributed by atoms with Gasteiger partial charge >= 0.3 is 0 Å². The molecule has 0 unspecified atom stereocenters. The van der Waals surface area contributed by atoms with Crippen molar-refractivity contribution in [2.75, 3.05) is 39.0 Å². The van der Waals surface area contributed by atoms with Crippen LogP contribution in [-0.2, 0) is 0 Å². The van der Waals surface area contributed by atoms with Crippen LogP contribution in [0.15, 0.2) is 17.7 Å². The molecule has 1 aromatic rings. The van der Waals surface area contributed by atoms with Crippen LogP contribution >= 0.6 is 0 Å². The fourth-order valence-corrected chi connectivity index (χ4v) is 2.95. The predicted octanol–water partition coefficient (Wildman–Crippen LogP) is 2.77. The number of allylic oxidation sites excluding steroid dienone is 1. The highest BCUT2D eigenvalue weighted by atomic mass is 16.1. The topological polar surface area (TPSA) is 70.2 Å². The van der Waals surface area contributed by atoms with Gasteiger partial charge in [0.2, 0.25) is 0 Å². The zero-order valence-electron chi connectivity index (χ0n) is 15.8. The van der Waals surface area contributed by atoms with E-state index in [1.165, 1.54) is 31.3 Å². The third kappa shape index (κ3) is 7.22. The third-order valence-corrected chi connectivity index (χ3v) is 4.28. The van der Waals surface area contributed by atoms with Crippen molar-refractivity contribution >= 4 is 11.7 Å². The van der Waals surface area contributed by atoms with Crippen LogP contribution in [0, 0.1) is 6.92 Å². The highest BCUT2D eigenvalue weighted by molar-refractivity contribution is 5.92. The number of nitrogens with zero attached hydrogens (tertiary/aromatic N) is 3. The SMILES string of the molecule is Cc1nc(NCCC2=CCCCC2)cc(C(=O)NCCCN(C)C)n1. The fraction of sp³-hybridized carbons (Fsp3) is 0.632. The average Bonchev–Trinajstić information content (AvgIpc) is 2.59. The van der Waals surface area contributed by atoms with E-state index < -0.39 is 0 Å². The molecule has 138 valence electrons. The van der Waals surface area contributed by atoms with E-state index in [2.05, 4.69) is 31.6 Å². The zero-order chi connectivity index (χ0) is 18.1. The highest BCUT2D eigenvalue weighted by Gasteiger charge is 2.10. The van der Waals surface area contributed by atoms with Gasteiger partial charge in [0.05, 0.1) is 0 Å². The van der Waals surface area contributed by atoms with E-state index in [1.54, 1.807) is 6.07 Å². The number of anilines is 1. The second kappa shape index (κ2) is 10.1. The van der Waals surface area contributed by atoms with Gasteiger partial charge < -0.3 is 15.5 Å². The molecular formula is C19H31N5O. The van der Waals surface area contributed by atoms with Crippen LogP contribution in [0.3, 0.4) is 0 Å². The van der Waals surface area contributed by atoms with Crippen molar-refractivity contribution in [2.24, 2.45) is 0 Å². The Hall–Kier alpha value is -1.95. The van der Waals surface area contributed by atoms with Crippen molar-refractivity contribution in [3.05, 3.63) is 29.2 Å². The molecule has 0 aliphatic heterocycles. The first-order valence-corrected chi connectivity index (χ1v) is 9.25. The molecule has 0 aromatic carbocycles. The van der Waals surface area contributed by atoms with Crippen molar-refractivity contribution in [2.45, 2.75) is 45.4 Å². The molecule has 1 heterocycles. The largest absolute Gasteiger partial charge is 0.370 e. The second-order valence-corrected chi connectivity index (χ2v) is 6.88. The van der Waals surface area contributed by atoms with Gasteiger partial charge in [0.15, 0.2) is 0 Å². The van der Waals surface area contributed by atoms with Crippen LogP contribution in [0.5, 0.6) is 0 Å². The minimum atomic E-state index is -0.137. The van der Waals surface area contributed by atoms with Crippen LogP contribution in [0.2, 0.25) is 0 Å². The Labute approximate surface area is 151 Å². The number of carbonyl (C=O) groups excluding carboxylic acids is 1. The summed E-state index contributed by atoms with van der Waals surface area (Å²) < 4.78 is 0. The molecule has 0 bridgehead atoms. The summed E-state index contributed by atoms with van der Waals surface area (Å²) in [5.74, 6) is 1.20. The van der Waals surface area contributed by atoms with Crippen LogP contribution in [0.1, 0.15) is 54.8 Å². The maximum atomic E-state index is 12.3. The minimum absolute atomic E-state index is 0.137. The van der Waals surface area contributed by atoms with Gasteiger partial charge in [-0.2, -0.15) is 0 Å². The molecule has 6 nitrogen and oxygen atoms in total. The first kappa shape index (κ1) is 19.4. The number of rotatable bonds is 9. The van der Waals surface area contributed by atoms with Gasteiger partial charge in [-0.05, 0) is 66.1 Å². The van der Waals surface area contributed by atoms with E-state index in [1.807, 2.05) is 21.0 Å². The molecule has 0 saturated carbocycles. The fourth-order valence-electron chi connectivity index (χ4n) is 2.95. The number of hydrogen-bond donors (Lipinski definition) is 2. The summed E-state index contributed by atoms with van der Waals surface area (Å²) in [6.07, 6.45) is 9.36. The molecule has 1 amide bonds. The lowest BCUT2D eigenvalue weighted by Gasteiger charge is -2.14. The molecule has 2 N–H and O–H groups in total. The van der Waals surface area contributed by atoms with E-state index in [-0.39, 0.29) is 5.91 Å². The number of nitrogens with one attached hydrogen (secondary N) is 2. The van der Waals surface area contributed by atoms with E-state index in [0.29, 0.717) is 18.1 Å². The lowest BCUT2D eigenvalue weighted by atomic mass is 9.97. The standard InChI is InChI=1S/C19H31N5O/c1-15-22-17(19(25)21-11-7-13-24(2)3)14-18(23-15)20-12-10-16-8-5-4-6-9-16/h8,14H,4-7,9-13H2,1-3H3,(H,21,25)(H,20,22,23). The number of aromatic nitrogens is 2. The number of amides is 1. The summed E-state index contributed by atoms with van der Waals surface area (Å²) in [4.78, 5) is 23.0. The molecule has 0 radical (unpaired) electrons. The molecule has 0 spiro atoms. The number of aryl methyl sites for hydroxylation is 1. The van der Waals surface area contributed by atoms with E-state index in [0.717, 1.165) is 31.7 Å². The summed E-state index contributed by atoms with van der Waals surface area (Å²) in [5.41, 5.74) is 1.96. The Morgan fingerprint density at radius 2 is 2.08 bits per heavy atom. The van der Waals surface area contributed by atoms with Crippen LogP contribution in [0.4, 0.5) is 5.82 Å². The minimum Gasteiger partial charge on any atom is -0.370 e. The van der Waals surface area contributed by atoms with Crippen LogP contribution < -0.4 is 10.6 Å². The van der Waals surface area contributed by atoms with Gasteiger partial charge in [-0.25, -0.2) is 9.97 Å². The van der Waals surface area contributed by atoms with Crippen LogP contribution in [0.25, 0.3) is 0 Å². The van der Waals surface area contributed by atoms with Crippen molar-refractivity contribution in [3.63, 3.8) is 0 Å². The summed E-state index contributed by atoms with van der Waals surface area (Å²) >= 11 is 0. The molecule has 25 heavy (non-hydrogen) atoms. The lowest BCUT2D eigenvalue weighted by molar-refractivity contribution is 0.0947. The van der Waals surface area contributed by atoms with Gasteiger partial charge in [-0.1, -0.05) is 11.6 Å². The van der Waals surface area contributed by atoms with Crippen molar-refractivity contribution in [3.8, 4) is 0 Å². The van der Waals surface area contributed by atoms with Gasteiger partial charge in [0.1, 0.15) is 17.3 Å². The van der Waals surface area contributed by atoms with E-state index >= 15 is 0 Å². The Morgan fingerprint density at radius 3 is 2.80 bits per heavy atom. The highest BCUT2D eigenvalue weighted by Crippen LogP contribution is 2.20. The molecule has 0 atom stereocenters. The quantitative estimate of drug-likeness (QED) is 0.532. The maximum Gasteiger partial charge on any atom is 0.270 e. The molecule has 1 aliphatic carbocycles. The predicted molar refractivity (Wildman–Crippen MR) is 102 cm³/mol. The lowest BCUT2D eigenvalue weighted by Crippen LogP contribution is -2.28. The molecule has 1 aliphatic rings. The van der Waals surface area contributed by atoms with E-state index in [9.17, 15) is 4.79 Å². The second-order valence-electron chi connectivity index (χ2n) is 6.88. The maximum absolute atomic E-state index is 12.3. The normalized spacial score (nSPS) is 14.3. The number of carbonyl (C=O) groups is 1. The zero-order valence-corrected chi connectivity index (χ0v) is 15.8. The third-order valence-electron chi connectivity index (χ3n) is 4.28. The summed E-state index contributed by atoms with van der Waals surface area (Å²) in [6, 6.07) is 1.74. The van der Waals surface area contributed by atoms with Gasteiger partial charge in [0.25, 0.3) is 5.91 Å². The van der Waals surface area contributed by atoms with Crippen molar-refractivity contribution in [1.82, 2.24) is 20.2 Å². The molecule has 0 fully saturated rings. The summed E-state index contributed by atoms with van der Waals surface area (Å²) in [6.45, 7) is 4.26. The molecule has 2 rings (SSSR count). The molecule has 0 saturated heterocycles. The monoisotopic (exact) mass is 345 g/mol. The van der Waals surface area contributed by atoms with Gasteiger partial charge in [0, 0.05) is 19.2 Å². The molecular weight excluding hydrogens is 314 g/mol. The smallest absolute Gasteiger partial charge is 0.270 e. The average molecular weight is 345 g/mol. The number of hydrogen-bond acceptors (Lipinski definition) is 5. The van der Waals surface area contributed by atoms with Crippen molar-refractivity contribution < 1.29 is 4.79 Å².